The number of fused-ring (bicyclic) bond motifs is 1. The monoisotopic (exact) mass is 502 g/mol. The van der Waals surface area contributed by atoms with Gasteiger partial charge in [0.05, 0.1) is 6.54 Å². The lowest BCUT2D eigenvalue weighted by molar-refractivity contribution is -0.157. The van der Waals surface area contributed by atoms with Crippen molar-refractivity contribution >= 4 is 35.8 Å². The highest BCUT2D eigenvalue weighted by molar-refractivity contribution is 14.0. The number of benzene rings is 1. The van der Waals surface area contributed by atoms with Crippen LogP contribution in [0.1, 0.15) is 5.56 Å². The first-order valence-electron chi connectivity index (χ1n) is 7.80. The van der Waals surface area contributed by atoms with Gasteiger partial charge in [0.25, 0.3) is 0 Å². The van der Waals surface area contributed by atoms with Crippen molar-refractivity contribution in [2.45, 2.75) is 12.7 Å². The molecule has 1 aromatic rings. The lowest BCUT2D eigenvalue weighted by Crippen LogP contribution is -2.45. The van der Waals surface area contributed by atoms with E-state index in [9.17, 15) is 18.0 Å². The molecule has 0 unspecified atom stereocenters. The molecule has 0 aliphatic carbocycles. The summed E-state index contributed by atoms with van der Waals surface area (Å²) in [4.78, 5) is 18.2. The van der Waals surface area contributed by atoms with E-state index >= 15 is 0 Å². The van der Waals surface area contributed by atoms with Gasteiger partial charge in [-0.2, -0.15) is 13.2 Å². The van der Waals surface area contributed by atoms with Crippen molar-refractivity contribution in [1.29, 1.82) is 0 Å². The van der Waals surface area contributed by atoms with Crippen LogP contribution in [0.3, 0.4) is 0 Å². The highest BCUT2D eigenvalue weighted by atomic mass is 127. The molecule has 1 N–H and O–H groups in total. The van der Waals surface area contributed by atoms with Gasteiger partial charge >= 0.3 is 6.18 Å². The number of aliphatic imine (C=N–C) groups is 1. The van der Waals surface area contributed by atoms with Crippen molar-refractivity contribution in [3.05, 3.63) is 23.8 Å². The van der Waals surface area contributed by atoms with Crippen molar-refractivity contribution in [3.8, 4) is 11.5 Å². The molecule has 0 aromatic heterocycles. The molecule has 0 spiro atoms. The molecule has 1 amide bonds. The van der Waals surface area contributed by atoms with E-state index in [4.69, 9.17) is 9.47 Å². The maximum atomic E-state index is 12.3. The lowest BCUT2D eigenvalue weighted by atomic mass is 10.2. The number of amides is 1. The molecule has 1 aromatic carbocycles. The van der Waals surface area contributed by atoms with E-state index in [1.807, 2.05) is 12.1 Å². The topological polar surface area (TPSA) is 66.4 Å². The van der Waals surface area contributed by atoms with E-state index in [0.717, 1.165) is 12.6 Å². The number of carbonyl (C=O) groups excluding carboxylic acids is 1. The van der Waals surface area contributed by atoms with Crippen molar-refractivity contribution in [3.63, 3.8) is 0 Å². The van der Waals surface area contributed by atoms with E-state index < -0.39 is 18.6 Å². The van der Waals surface area contributed by atoms with Crippen LogP contribution in [0.25, 0.3) is 0 Å². The van der Waals surface area contributed by atoms with Gasteiger partial charge in [-0.1, -0.05) is 6.07 Å². The summed E-state index contributed by atoms with van der Waals surface area (Å²) in [7, 11) is 4.39. The SMILES string of the molecule is CN=C(NCC(=O)N(C)CC(F)(F)F)N(C)Cc1ccc2c(c1)OCO2.I. The first-order valence-corrected chi connectivity index (χ1v) is 7.80. The maximum absolute atomic E-state index is 12.3. The molecule has 0 saturated carbocycles. The first kappa shape index (κ1) is 23.1. The lowest BCUT2D eigenvalue weighted by Gasteiger charge is -2.24. The number of nitrogens with one attached hydrogen (secondary N) is 1. The van der Waals surface area contributed by atoms with Gasteiger partial charge in [-0.3, -0.25) is 9.79 Å². The largest absolute Gasteiger partial charge is 0.454 e. The smallest absolute Gasteiger partial charge is 0.406 e. The number of halogens is 4. The average Bonchev–Trinajstić information content (AvgIpc) is 3.01. The summed E-state index contributed by atoms with van der Waals surface area (Å²) in [5.74, 6) is 1.04. The predicted octanol–water partition coefficient (Wildman–Crippen LogP) is 2.06. The number of likely N-dealkylation sites (N-methyl/N-ethyl adjacent to an activating group) is 1. The molecule has 7 nitrogen and oxygen atoms in total. The highest BCUT2D eigenvalue weighted by Crippen LogP contribution is 2.32. The molecule has 152 valence electrons. The third kappa shape index (κ3) is 6.96. The van der Waals surface area contributed by atoms with Crippen molar-refractivity contribution in [1.82, 2.24) is 15.1 Å². The second-order valence-electron chi connectivity index (χ2n) is 5.81. The van der Waals surface area contributed by atoms with Crippen LogP contribution >= 0.6 is 24.0 Å². The van der Waals surface area contributed by atoms with Crippen LogP contribution in [0, 0.1) is 0 Å². The Balaban J connectivity index is 0.00000364. The van der Waals surface area contributed by atoms with Crippen LogP contribution in [0.2, 0.25) is 0 Å². The van der Waals surface area contributed by atoms with Crippen LogP contribution in [-0.2, 0) is 11.3 Å². The Kier molecular flexibility index (Phi) is 8.44. The number of carbonyl (C=O) groups is 1. The normalized spacial score (nSPS) is 13.0. The molecule has 1 heterocycles. The fraction of sp³-hybridized carbons (Fsp3) is 0.500. The number of guanidine groups is 1. The number of rotatable bonds is 5. The van der Waals surface area contributed by atoms with Crippen molar-refractivity contribution in [2.75, 3.05) is 41.0 Å². The second kappa shape index (κ2) is 9.85. The highest BCUT2D eigenvalue weighted by Gasteiger charge is 2.31. The third-order valence-electron chi connectivity index (χ3n) is 3.67. The summed E-state index contributed by atoms with van der Waals surface area (Å²) in [5.41, 5.74) is 0.931. The van der Waals surface area contributed by atoms with Crippen LogP contribution < -0.4 is 14.8 Å². The van der Waals surface area contributed by atoms with Gasteiger partial charge < -0.3 is 24.6 Å². The molecule has 0 bridgehead atoms. The summed E-state index contributed by atoms with van der Waals surface area (Å²) in [5, 5.41) is 2.77. The molecule has 1 aliphatic rings. The Morgan fingerprint density at radius 3 is 2.52 bits per heavy atom. The Bertz CT molecular complexity index is 685. The zero-order chi connectivity index (χ0) is 19.3. The number of alkyl halides is 3. The summed E-state index contributed by atoms with van der Waals surface area (Å²) in [6.45, 7) is -0.932. The van der Waals surface area contributed by atoms with Gasteiger partial charge in [-0.25, -0.2) is 0 Å². The van der Waals surface area contributed by atoms with E-state index in [1.54, 1.807) is 18.0 Å². The molecule has 11 heteroatoms. The molecule has 0 saturated heterocycles. The zero-order valence-corrected chi connectivity index (χ0v) is 17.5. The summed E-state index contributed by atoms with van der Waals surface area (Å²) >= 11 is 0. The van der Waals surface area contributed by atoms with Gasteiger partial charge in [0, 0.05) is 27.7 Å². The van der Waals surface area contributed by atoms with Gasteiger partial charge in [0.2, 0.25) is 12.7 Å². The molecule has 2 rings (SSSR count). The molecule has 0 fully saturated rings. The van der Waals surface area contributed by atoms with Gasteiger partial charge in [-0.15, -0.1) is 24.0 Å². The summed E-state index contributed by atoms with van der Waals surface area (Å²) in [6, 6.07) is 5.52. The van der Waals surface area contributed by atoms with Crippen LogP contribution in [0.15, 0.2) is 23.2 Å². The standard InChI is InChI=1S/C16H21F3N4O3.HI/c1-20-15(21-7-14(24)23(3)9-16(17,18)19)22(2)8-11-4-5-12-13(6-11)26-10-25-12;/h4-6H,7-10H2,1-3H3,(H,20,21);1H. The molecule has 1 aliphatic heterocycles. The van der Waals surface area contributed by atoms with Gasteiger partial charge in [-0.05, 0) is 17.7 Å². The molecule has 0 atom stereocenters. The molecule has 27 heavy (non-hydrogen) atoms. The fourth-order valence-electron chi connectivity index (χ4n) is 2.42. The maximum Gasteiger partial charge on any atom is 0.406 e. The van der Waals surface area contributed by atoms with Crippen LogP contribution in [0.5, 0.6) is 11.5 Å². The average molecular weight is 502 g/mol. The van der Waals surface area contributed by atoms with E-state index in [2.05, 4.69) is 10.3 Å². The van der Waals surface area contributed by atoms with Crippen molar-refractivity contribution < 1.29 is 27.4 Å². The van der Waals surface area contributed by atoms with Gasteiger partial charge in [0.1, 0.15) is 6.54 Å². The fourth-order valence-corrected chi connectivity index (χ4v) is 2.42. The molecule has 0 radical (unpaired) electrons. The number of ether oxygens (including phenoxy) is 2. The third-order valence-corrected chi connectivity index (χ3v) is 3.67. The first-order chi connectivity index (χ1) is 12.2. The Hall–Kier alpha value is -1.92. The minimum atomic E-state index is -4.43. The summed E-state index contributed by atoms with van der Waals surface area (Å²) < 4.78 is 47.6. The number of hydrogen-bond acceptors (Lipinski definition) is 4. The second-order valence-corrected chi connectivity index (χ2v) is 5.81. The molecular weight excluding hydrogens is 480 g/mol. The Morgan fingerprint density at radius 1 is 1.22 bits per heavy atom. The van der Waals surface area contributed by atoms with Crippen LogP contribution in [-0.4, -0.2) is 68.9 Å². The Morgan fingerprint density at radius 2 is 1.89 bits per heavy atom. The number of hydrogen-bond donors (Lipinski definition) is 1. The zero-order valence-electron chi connectivity index (χ0n) is 15.2. The van der Waals surface area contributed by atoms with E-state index in [0.29, 0.717) is 28.9 Å². The van der Waals surface area contributed by atoms with Crippen molar-refractivity contribution in [2.24, 2.45) is 4.99 Å². The van der Waals surface area contributed by atoms with Gasteiger partial charge in [0.15, 0.2) is 17.5 Å². The minimum absolute atomic E-state index is 0. The molecular formula is C16H22F3IN4O3. The van der Waals surface area contributed by atoms with Crippen LogP contribution in [0.4, 0.5) is 13.2 Å². The number of nitrogens with zero attached hydrogens (tertiary/aromatic N) is 3. The summed E-state index contributed by atoms with van der Waals surface area (Å²) in [6.07, 6.45) is -4.43. The Labute approximate surface area is 172 Å². The van der Waals surface area contributed by atoms with E-state index in [-0.39, 0.29) is 37.3 Å². The van der Waals surface area contributed by atoms with E-state index in [1.165, 1.54) is 7.05 Å². The predicted molar refractivity (Wildman–Crippen MR) is 105 cm³/mol. The quantitative estimate of drug-likeness (QED) is 0.380. The minimum Gasteiger partial charge on any atom is -0.454 e.